The van der Waals surface area contributed by atoms with Crippen LogP contribution in [0.25, 0.3) is 0 Å². The molecule has 0 aromatic heterocycles. The van der Waals surface area contributed by atoms with Gasteiger partial charge in [0.25, 0.3) is 0 Å². The number of unbranched alkanes of at least 4 members (excludes halogenated alkanes) is 13. The van der Waals surface area contributed by atoms with Gasteiger partial charge in [0.1, 0.15) is 6.04 Å². The van der Waals surface area contributed by atoms with Gasteiger partial charge in [0.2, 0.25) is 15.9 Å². The van der Waals surface area contributed by atoms with E-state index >= 15 is 0 Å². The number of amides is 1. The molecule has 1 saturated heterocycles. The molecule has 1 rings (SSSR count). The Bertz CT molecular complexity index is 627. The van der Waals surface area contributed by atoms with Gasteiger partial charge in [-0.3, -0.25) is 4.79 Å². The van der Waals surface area contributed by atoms with E-state index in [1.54, 1.807) is 0 Å². The summed E-state index contributed by atoms with van der Waals surface area (Å²) in [5.74, 6) is -0.195. The fourth-order valence-electron chi connectivity index (χ4n) is 4.44. The minimum absolute atomic E-state index is 0.0437. The maximum absolute atomic E-state index is 12.7. The standard InChI is InChI=1S/C26H52N2O5S/c1-4-5-6-7-8-9-10-11-12-13-14-15-16-17-20-34(31,32)28-24(21-22(2)3)25(29)27-23-18-19-33-26(23)30/h22-24,26,28,30H,4-21H2,1-3H3,(H,27,29)/t23-,24?,26?/m0/s1. The molecule has 3 atom stereocenters. The fourth-order valence-corrected chi connectivity index (χ4v) is 5.78. The number of rotatable bonds is 21. The topological polar surface area (TPSA) is 105 Å². The van der Waals surface area contributed by atoms with Gasteiger partial charge in [-0.2, -0.15) is 0 Å². The van der Waals surface area contributed by atoms with Crippen LogP contribution in [0.5, 0.6) is 0 Å². The number of hydrogen-bond acceptors (Lipinski definition) is 5. The van der Waals surface area contributed by atoms with Crippen LogP contribution in [-0.2, 0) is 19.6 Å². The van der Waals surface area contributed by atoms with E-state index in [9.17, 15) is 18.3 Å². The predicted octanol–water partition coefficient (Wildman–Crippen LogP) is 5.03. The molecule has 0 spiro atoms. The van der Waals surface area contributed by atoms with Gasteiger partial charge in [0, 0.05) is 0 Å². The lowest BCUT2D eigenvalue weighted by molar-refractivity contribution is -0.127. The van der Waals surface area contributed by atoms with Crippen molar-refractivity contribution in [1.29, 1.82) is 0 Å². The van der Waals surface area contributed by atoms with Crippen LogP contribution >= 0.6 is 0 Å². The van der Waals surface area contributed by atoms with Gasteiger partial charge in [-0.25, -0.2) is 13.1 Å². The van der Waals surface area contributed by atoms with E-state index in [-0.39, 0.29) is 11.7 Å². The quantitative estimate of drug-likeness (QED) is 0.190. The summed E-state index contributed by atoms with van der Waals surface area (Å²) in [6.07, 6.45) is 17.0. The highest BCUT2D eigenvalue weighted by Gasteiger charge is 2.32. The van der Waals surface area contributed by atoms with Crippen molar-refractivity contribution in [1.82, 2.24) is 10.0 Å². The molecule has 0 radical (unpaired) electrons. The summed E-state index contributed by atoms with van der Waals surface area (Å²) in [7, 11) is -3.54. The first-order chi connectivity index (χ1) is 16.2. The molecule has 0 aromatic carbocycles. The zero-order valence-corrected chi connectivity index (χ0v) is 22.8. The highest BCUT2D eigenvalue weighted by Crippen LogP contribution is 2.15. The molecule has 2 unspecified atom stereocenters. The van der Waals surface area contributed by atoms with Crippen LogP contribution in [0.2, 0.25) is 0 Å². The number of aliphatic hydroxyl groups excluding tert-OH is 1. The van der Waals surface area contributed by atoms with Crippen molar-refractivity contribution in [3.8, 4) is 0 Å². The second kappa shape index (κ2) is 18.6. The van der Waals surface area contributed by atoms with Crippen molar-refractivity contribution in [2.45, 2.75) is 142 Å². The first-order valence-corrected chi connectivity index (χ1v) is 15.5. The normalized spacial score (nSPS) is 19.6. The number of aliphatic hydroxyl groups is 1. The molecule has 1 heterocycles. The van der Waals surface area contributed by atoms with Crippen molar-refractivity contribution in [3.63, 3.8) is 0 Å². The van der Waals surface area contributed by atoms with E-state index in [2.05, 4.69) is 17.0 Å². The van der Waals surface area contributed by atoms with Crippen LogP contribution in [0, 0.1) is 5.92 Å². The Balaban J connectivity index is 2.17. The second-order valence-corrected chi connectivity index (χ2v) is 12.3. The summed E-state index contributed by atoms with van der Waals surface area (Å²) in [6, 6.07) is -1.32. The molecule has 8 heteroatoms. The molecule has 202 valence electrons. The van der Waals surface area contributed by atoms with Crippen molar-refractivity contribution < 1.29 is 23.1 Å². The number of sulfonamides is 1. The minimum atomic E-state index is -3.54. The summed E-state index contributed by atoms with van der Waals surface area (Å²) in [5, 5.41) is 12.5. The highest BCUT2D eigenvalue weighted by molar-refractivity contribution is 7.89. The third kappa shape index (κ3) is 15.3. The third-order valence-electron chi connectivity index (χ3n) is 6.50. The highest BCUT2D eigenvalue weighted by atomic mass is 32.2. The monoisotopic (exact) mass is 504 g/mol. The molecule has 0 bridgehead atoms. The van der Waals surface area contributed by atoms with Gasteiger partial charge >= 0.3 is 0 Å². The van der Waals surface area contributed by atoms with Gasteiger partial charge in [-0.15, -0.1) is 0 Å². The molecule has 0 saturated carbocycles. The van der Waals surface area contributed by atoms with Crippen LogP contribution in [-0.4, -0.2) is 50.2 Å². The molecular formula is C26H52N2O5S. The van der Waals surface area contributed by atoms with Gasteiger partial charge in [0.05, 0.1) is 18.4 Å². The van der Waals surface area contributed by atoms with Crippen LogP contribution in [0.3, 0.4) is 0 Å². The number of hydrogen-bond donors (Lipinski definition) is 3. The molecule has 1 aliphatic heterocycles. The SMILES string of the molecule is CCCCCCCCCCCCCCCCS(=O)(=O)NC(CC(C)C)C(=O)N[C@H]1CCOC1O. The van der Waals surface area contributed by atoms with Crippen LogP contribution in [0.15, 0.2) is 0 Å². The van der Waals surface area contributed by atoms with E-state index in [0.29, 0.717) is 25.9 Å². The maximum Gasteiger partial charge on any atom is 0.238 e. The first kappa shape index (κ1) is 31.3. The van der Waals surface area contributed by atoms with Crippen LogP contribution in [0.1, 0.15) is 124 Å². The Morgan fingerprint density at radius 1 is 0.912 bits per heavy atom. The molecule has 1 amide bonds. The van der Waals surface area contributed by atoms with Gasteiger partial charge in [0.15, 0.2) is 6.29 Å². The number of carbonyl (C=O) groups is 1. The molecule has 0 aromatic rings. The first-order valence-electron chi connectivity index (χ1n) is 13.8. The summed E-state index contributed by atoms with van der Waals surface area (Å²) >= 11 is 0. The molecule has 34 heavy (non-hydrogen) atoms. The molecular weight excluding hydrogens is 452 g/mol. The van der Waals surface area contributed by atoms with E-state index < -0.39 is 34.3 Å². The zero-order chi connectivity index (χ0) is 25.2. The lowest BCUT2D eigenvalue weighted by Crippen LogP contribution is -2.52. The minimum Gasteiger partial charge on any atom is -0.366 e. The van der Waals surface area contributed by atoms with Gasteiger partial charge < -0.3 is 15.2 Å². The summed E-state index contributed by atoms with van der Waals surface area (Å²) in [5.41, 5.74) is 0. The van der Waals surface area contributed by atoms with Crippen molar-refractivity contribution in [2.24, 2.45) is 5.92 Å². The van der Waals surface area contributed by atoms with E-state index in [1.165, 1.54) is 64.2 Å². The average Bonchev–Trinajstić information content (AvgIpc) is 3.17. The van der Waals surface area contributed by atoms with E-state index in [4.69, 9.17) is 4.74 Å². The van der Waals surface area contributed by atoms with Gasteiger partial charge in [-0.1, -0.05) is 104 Å². The molecule has 0 aliphatic carbocycles. The van der Waals surface area contributed by atoms with E-state index in [0.717, 1.165) is 19.3 Å². The number of carbonyl (C=O) groups excluding carboxylic acids is 1. The molecule has 3 N–H and O–H groups in total. The Morgan fingerprint density at radius 3 is 1.85 bits per heavy atom. The van der Waals surface area contributed by atoms with Crippen molar-refractivity contribution in [3.05, 3.63) is 0 Å². The largest absolute Gasteiger partial charge is 0.366 e. The molecule has 1 fully saturated rings. The molecule has 1 aliphatic rings. The number of nitrogens with one attached hydrogen (secondary N) is 2. The zero-order valence-electron chi connectivity index (χ0n) is 22.0. The summed E-state index contributed by atoms with van der Waals surface area (Å²) in [6.45, 7) is 6.54. The van der Waals surface area contributed by atoms with Gasteiger partial charge in [-0.05, 0) is 25.2 Å². The summed E-state index contributed by atoms with van der Waals surface area (Å²) in [4.78, 5) is 12.7. The molecule has 7 nitrogen and oxygen atoms in total. The smallest absolute Gasteiger partial charge is 0.238 e. The fraction of sp³-hybridized carbons (Fsp3) is 0.962. The lowest BCUT2D eigenvalue weighted by Gasteiger charge is -2.23. The Kier molecular flexibility index (Phi) is 17.1. The average molecular weight is 505 g/mol. The Hall–Kier alpha value is -0.700. The third-order valence-corrected chi connectivity index (χ3v) is 7.97. The maximum atomic E-state index is 12.7. The van der Waals surface area contributed by atoms with Crippen molar-refractivity contribution in [2.75, 3.05) is 12.4 Å². The van der Waals surface area contributed by atoms with Crippen LogP contribution < -0.4 is 10.0 Å². The Morgan fingerprint density at radius 2 is 1.41 bits per heavy atom. The Labute approximate surface area is 209 Å². The second-order valence-electron chi connectivity index (χ2n) is 10.4. The van der Waals surface area contributed by atoms with Crippen molar-refractivity contribution >= 4 is 15.9 Å². The van der Waals surface area contributed by atoms with E-state index in [1.807, 2.05) is 13.8 Å². The van der Waals surface area contributed by atoms with Crippen LogP contribution in [0.4, 0.5) is 0 Å². The lowest BCUT2D eigenvalue weighted by atomic mass is 10.0. The predicted molar refractivity (Wildman–Crippen MR) is 139 cm³/mol. The number of ether oxygens (including phenoxy) is 1. The summed E-state index contributed by atoms with van der Waals surface area (Å²) < 4.78 is 32.8.